The minimum Gasteiger partial charge on any atom is -0.396 e. The number of aliphatic hydroxyl groups is 1. The first-order chi connectivity index (χ1) is 5.74. The maximum Gasteiger partial charge on any atom is 0.169 e. The largest absolute Gasteiger partial charge is 0.396 e. The molecule has 0 spiro atoms. The lowest BCUT2D eigenvalue weighted by Crippen LogP contribution is -2.33. The lowest BCUT2D eigenvalue weighted by atomic mass is 10.2. The minimum absolute atomic E-state index is 0.198. The molecule has 0 saturated heterocycles. The van der Waals surface area contributed by atoms with Gasteiger partial charge in [0, 0.05) is 33.9 Å². The summed E-state index contributed by atoms with van der Waals surface area (Å²) in [4.78, 5) is 0. The molecule has 0 aromatic carbocycles. The molecule has 74 valence electrons. The van der Waals surface area contributed by atoms with Gasteiger partial charge in [-0.05, 0) is 5.92 Å². The number of hydrogen-bond acceptors (Lipinski definition) is 4. The standard InChI is InChI=1S/C8H19NO3/c1-7(6-10)4-9-5-8(11-2)12-3/h7-10H,4-6H2,1-3H3. The van der Waals surface area contributed by atoms with Crippen LogP contribution in [0.4, 0.5) is 0 Å². The zero-order valence-electron chi connectivity index (χ0n) is 8.04. The molecule has 0 fully saturated rings. The van der Waals surface area contributed by atoms with Gasteiger partial charge in [0.25, 0.3) is 0 Å². The van der Waals surface area contributed by atoms with Crippen LogP contribution in [0.5, 0.6) is 0 Å². The first-order valence-corrected chi connectivity index (χ1v) is 4.11. The second-order valence-electron chi connectivity index (χ2n) is 2.85. The van der Waals surface area contributed by atoms with Crippen molar-refractivity contribution in [1.29, 1.82) is 0 Å². The summed E-state index contributed by atoms with van der Waals surface area (Å²) in [5, 5.41) is 11.8. The molecule has 0 aliphatic heterocycles. The zero-order chi connectivity index (χ0) is 9.40. The second kappa shape index (κ2) is 7.49. The highest BCUT2D eigenvalue weighted by atomic mass is 16.7. The summed E-state index contributed by atoms with van der Waals surface area (Å²) in [7, 11) is 3.20. The number of hydrogen-bond donors (Lipinski definition) is 2. The fourth-order valence-electron chi connectivity index (χ4n) is 0.775. The SMILES string of the molecule is COC(CNCC(C)CO)OC. The fourth-order valence-corrected chi connectivity index (χ4v) is 0.775. The lowest BCUT2D eigenvalue weighted by Gasteiger charge is -2.15. The average Bonchev–Trinajstić information content (AvgIpc) is 2.12. The van der Waals surface area contributed by atoms with Crippen molar-refractivity contribution in [3.05, 3.63) is 0 Å². The predicted molar refractivity (Wildman–Crippen MR) is 46.9 cm³/mol. The molecule has 1 unspecified atom stereocenters. The number of rotatable bonds is 7. The van der Waals surface area contributed by atoms with Gasteiger partial charge in [0.1, 0.15) is 0 Å². The van der Waals surface area contributed by atoms with Gasteiger partial charge in [-0.2, -0.15) is 0 Å². The van der Waals surface area contributed by atoms with Crippen LogP contribution >= 0.6 is 0 Å². The van der Waals surface area contributed by atoms with E-state index in [2.05, 4.69) is 5.32 Å². The van der Waals surface area contributed by atoms with Gasteiger partial charge in [-0.15, -0.1) is 0 Å². The molecular formula is C8H19NO3. The van der Waals surface area contributed by atoms with E-state index >= 15 is 0 Å². The highest BCUT2D eigenvalue weighted by molar-refractivity contribution is 4.56. The summed E-state index contributed by atoms with van der Waals surface area (Å²) in [6, 6.07) is 0. The Morgan fingerprint density at radius 1 is 1.25 bits per heavy atom. The average molecular weight is 177 g/mol. The normalized spacial score (nSPS) is 13.8. The van der Waals surface area contributed by atoms with Gasteiger partial charge in [0.05, 0.1) is 0 Å². The number of aliphatic hydroxyl groups excluding tert-OH is 1. The van der Waals surface area contributed by atoms with Crippen LogP contribution < -0.4 is 5.32 Å². The van der Waals surface area contributed by atoms with Crippen molar-refractivity contribution >= 4 is 0 Å². The van der Waals surface area contributed by atoms with Crippen LogP contribution in [-0.4, -0.2) is 45.3 Å². The quantitative estimate of drug-likeness (QED) is 0.530. The van der Waals surface area contributed by atoms with Gasteiger partial charge in [-0.25, -0.2) is 0 Å². The van der Waals surface area contributed by atoms with Crippen LogP contribution in [0.15, 0.2) is 0 Å². The Hall–Kier alpha value is -0.160. The summed E-state index contributed by atoms with van der Waals surface area (Å²) in [5.74, 6) is 0.277. The second-order valence-corrected chi connectivity index (χ2v) is 2.85. The van der Waals surface area contributed by atoms with E-state index in [0.29, 0.717) is 6.54 Å². The van der Waals surface area contributed by atoms with E-state index in [1.165, 1.54) is 0 Å². The first-order valence-electron chi connectivity index (χ1n) is 4.11. The van der Waals surface area contributed by atoms with E-state index in [1.807, 2.05) is 6.92 Å². The minimum atomic E-state index is -0.198. The maximum absolute atomic E-state index is 8.71. The molecule has 0 aromatic heterocycles. The van der Waals surface area contributed by atoms with E-state index in [0.717, 1.165) is 6.54 Å². The molecule has 2 N–H and O–H groups in total. The number of nitrogens with one attached hydrogen (secondary N) is 1. The van der Waals surface area contributed by atoms with Crippen molar-refractivity contribution in [3.63, 3.8) is 0 Å². The molecule has 12 heavy (non-hydrogen) atoms. The van der Waals surface area contributed by atoms with E-state index in [4.69, 9.17) is 14.6 Å². The van der Waals surface area contributed by atoms with Gasteiger partial charge in [-0.1, -0.05) is 6.92 Å². The molecule has 0 amide bonds. The Balaban J connectivity index is 3.28. The Morgan fingerprint density at radius 2 is 1.83 bits per heavy atom. The highest BCUT2D eigenvalue weighted by Gasteiger charge is 2.04. The Morgan fingerprint density at radius 3 is 2.25 bits per heavy atom. The van der Waals surface area contributed by atoms with Crippen molar-refractivity contribution in [2.75, 3.05) is 33.9 Å². The van der Waals surface area contributed by atoms with Gasteiger partial charge >= 0.3 is 0 Å². The predicted octanol–water partition coefficient (Wildman–Crippen LogP) is -0.177. The van der Waals surface area contributed by atoms with Crippen molar-refractivity contribution in [3.8, 4) is 0 Å². The molecule has 0 aliphatic rings. The van der Waals surface area contributed by atoms with E-state index in [-0.39, 0.29) is 18.8 Å². The van der Waals surface area contributed by atoms with E-state index in [1.54, 1.807) is 14.2 Å². The molecule has 0 saturated carbocycles. The lowest BCUT2D eigenvalue weighted by molar-refractivity contribution is -0.0990. The van der Waals surface area contributed by atoms with Crippen molar-refractivity contribution in [2.24, 2.45) is 5.92 Å². The third-order valence-corrected chi connectivity index (χ3v) is 1.64. The molecule has 4 heteroatoms. The van der Waals surface area contributed by atoms with Crippen molar-refractivity contribution in [2.45, 2.75) is 13.2 Å². The Labute approximate surface area is 73.9 Å². The van der Waals surface area contributed by atoms with E-state index < -0.39 is 0 Å². The molecule has 0 aromatic rings. The van der Waals surface area contributed by atoms with Crippen LogP contribution in [-0.2, 0) is 9.47 Å². The third kappa shape index (κ3) is 5.49. The number of methoxy groups -OCH3 is 2. The summed E-state index contributed by atoms with van der Waals surface area (Å²) < 4.78 is 9.94. The summed E-state index contributed by atoms with van der Waals surface area (Å²) in [6.07, 6.45) is -0.198. The van der Waals surface area contributed by atoms with Crippen LogP contribution in [0.1, 0.15) is 6.92 Å². The zero-order valence-corrected chi connectivity index (χ0v) is 8.04. The summed E-state index contributed by atoms with van der Waals surface area (Å²) >= 11 is 0. The fraction of sp³-hybridized carbons (Fsp3) is 1.00. The first kappa shape index (κ1) is 11.8. The third-order valence-electron chi connectivity index (χ3n) is 1.64. The topological polar surface area (TPSA) is 50.7 Å². The van der Waals surface area contributed by atoms with Crippen LogP contribution in [0.3, 0.4) is 0 Å². The molecule has 0 heterocycles. The van der Waals surface area contributed by atoms with E-state index in [9.17, 15) is 0 Å². The van der Waals surface area contributed by atoms with Crippen LogP contribution in [0.25, 0.3) is 0 Å². The Kier molecular flexibility index (Phi) is 7.39. The smallest absolute Gasteiger partial charge is 0.169 e. The van der Waals surface area contributed by atoms with Gasteiger partial charge in [0.2, 0.25) is 0 Å². The number of ether oxygens (including phenoxy) is 2. The summed E-state index contributed by atoms with van der Waals surface area (Å²) in [6.45, 7) is 3.61. The molecular weight excluding hydrogens is 158 g/mol. The van der Waals surface area contributed by atoms with Crippen LogP contribution in [0, 0.1) is 5.92 Å². The molecule has 0 radical (unpaired) electrons. The molecule has 0 rings (SSSR count). The maximum atomic E-state index is 8.71. The van der Waals surface area contributed by atoms with Gasteiger partial charge in [-0.3, -0.25) is 0 Å². The Bertz CT molecular complexity index is 96.3. The molecule has 0 bridgehead atoms. The monoisotopic (exact) mass is 177 g/mol. The summed E-state index contributed by atoms with van der Waals surface area (Å²) in [5.41, 5.74) is 0. The molecule has 4 nitrogen and oxygen atoms in total. The molecule has 1 atom stereocenters. The highest BCUT2D eigenvalue weighted by Crippen LogP contribution is 1.91. The van der Waals surface area contributed by atoms with Crippen LogP contribution in [0.2, 0.25) is 0 Å². The van der Waals surface area contributed by atoms with Crippen molar-refractivity contribution in [1.82, 2.24) is 5.32 Å². The van der Waals surface area contributed by atoms with Gasteiger partial charge in [0.15, 0.2) is 6.29 Å². The van der Waals surface area contributed by atoms with Crippen molar-refractivity contribution < 1.29 is 14.6 Å². The molecule has 0 aliphatic carbocycles. The van der Waals surface area contributed by atoms with Gasteiger partial charge < -0.3 is 19.9 Å².